The van der Waals surface area contributed by atoms with Gasteiger partial charge in [-0.3, -0.25) is 4.79 Å². The average molecular weight is 476 g/mol. The first-order chi connectivity index (χ1) is 16.2. The number of amides is 1. The van der Waals surface area contributed by atoms with Gasteiger partial charge in [-0.25, -0.2) is 18.8 Å². The number of primary amides is 1. The van der Waals surface area contributed by atoms with Gasteiger partial charge in [-0.05, 0) is 37.8 Å². The van der Waals surface area contributed by atoms with Crippen molar-refractivity contribution in [2.45, 2.75) is 43.8 Å². The van der Waals surface area contributed by atoms with Crippen LogP contribution < -0.4 is 27.8 Å². The molecule has 1 aliphatic rings. The molecule has 1 aromatic carbocycles. The number of rotatable bonds is 9. The molecule has 1 saturated carbocycles. The van der Waals surface area contributed by atoms with E-state index in [4.69, 9.17) is 17.2 Å². The van der Waals surface area contributed by atoms with Gasteiger partial charge in [0.15, 0.2) is 0 Å². The van der Waals surface area contributed by atoms with Gasteiger partial charge >= 0.3 is 0 Å². The molecule has 1 aliphatic carbocycles. The van der Waals surface area contributed by atoms with E-state index in [1.165, 1.54) is 30.6 Å². The number of halogens is 3. The Balaban J connectivity index is 1.63. The molecule has 0 aliphatic heterocycles. The van der Waals surface area contributed by atoms with E-state index in [1.807, 2.05) is 0 Å². The topological polar surface area (TPSA) is 144 Å². The third kappa shape index (κ3) is 6.55. The molecule has 0 unspecified atom stereocenters. The molecule has 8 N–H and O–H groups in total. The third-order valence-electron chi connectivity index (χ3n) is 5.95. The van der Waals surface area contributed by atoms with Crippen molar-refractivity contribution in [2.24, 2.45) is 22.2 Å². The minimum absolute atomic E-state index is 0.0583. The quantitative estimate of drug-likeness (QED) is 0.162. The molecule has 1 aromatic heterocycles. The van der Waals surface area contributed by atoms with Crippen molar-refractivity contribution in [1.29, 1.82) is 0 Å². The SMILES string of the molecule is NCC1(N/C=C(/C(N)=O)C(N)=Nc2ccnc(F)c2)CCC(NCc2ccc(F)cc2F)CC1. The lowest BCUT2D eigenvalue weighted by Gasteiger charge is -2.40. The van der Waals surface area contributed by atoms with E-state index in [9.17, 15) is 18.0 Å². The molecule has 1 fully saturated rings. The van der Waals surface area contributed by atoms with Crippen LogP contribution in [-0.2, 0) is 11.3 Å². The van der Waals surface area contributed by atoms with Crippen molar-refractivity contribution in [3.8, 4) is 0 Å². The van der Waals surface area contributed by atoms with Crippen molar-refractivity contribution in [1.82, 2.24) is 15.6 Å². The van der Waals surface area contributed by atoms with Crippen molar-refractivity contribution < 1.29 is 18.0 Å². The number of aromatic nitrogens is 1. The van der Waals surface area contributed by atoms with E-state index in [0.717, 1.165) is 25.0 Å². The van der Waals surface area contributed by atoms with Gasteiger partial charge in [0.25, 0.3) is 5.91 Å². The van der Waals surface area contributed by atoms with E-state index < -0.39 is 29.0 Å². The normalized spacial score (nSPS) is 21.4. The van der Waals surface area contributed by atoms with Crippen LogP contribution in [0.4, 0.5) is 18.9 Å². The van der Waals surface area contributed by atoms with Crippen molar-refractivity contribution in [3.05, 3.63) is 71.4 Å². The summed E-state index contributed by atoms with van der Waals surface area (Å²) in [5.74, 6) is -2.90. The van der Waals surface area contributed by atoms with Gasteiger partial charge in [0, 0.05) is 54.8 Å². The number of nitrogens with zero attached hydrogens (tertiary/aromatic N) is 2. The molecule has 0 atom stereocenters. The van der Waals surface area contributed by atoms with Crippen LogP contribution in [0.3, 0.4) is 0 Å². The second kappa shape index (κ2) is 11.1. The van der Waals surface area contributed by atoms with E-state index in [0.29, 0.717) is 24.9 Å². The van der Waals surface area contributed by atoms with E-state index in [2.05, 4.69) is 20.6 Å². The summed E-state index contributed by atoms with van der Waals surface area (Å²) >= 11 is 0. The molecule has 0 bridgehead atoms. The van der Waals surface area contributed by atoms with Crippen LogP contribution in [-0.4, -0.2) is 34.9 Å². The molecule has 2 aromatic rings. The number of pyridine rings is 1. The van der Waals surface area contributed by atoms with Crippen molar-refractivity contribution in [2.75, 3.05) is 6.54 Å². The molecule has 3 rings (SSSR count). The Bertz CT molecular complexity index is 1080. The van der Waals surface area contributed by atoms with Crippen molar-refractivity contribution >= 4 is 17.4 Å². The summed E-state index contributed by atoms with van der Waals surface area (Å²) < 4.78 is 40.2. The number of amidine groups is 1. The second-order valence-corrected chi connectivity index (χ2v) is 8.28. The Labute approximate surface area is 195 Å². The van der Waals surface area contributed by atoms with Crippen LogP contribution in [0.15, 0.2) is 53.3 Å². The lowest BCUT2D eigenvalue weighted by atomic mass is 9.79. The maximum Gasteiger partial charge on any atom is 0.253 e. The van der Waals surface area contributed by atoms with Gasteiger partial charge in [-0.1, -0.05) is 6.07 Å². The minimum Gasteiger partial charge on any atom is -0.383 e. The maximum atomic E-state index is 13.9. The maximum absolute atomic E-state index is 13.9. The smallest absolute Gasteiger partial charge is 0.253 e. The Kier molecular flexibility index (Phi) is 8.24. The van der Waals surface area contributed by atoms with Crippen LogP contribution in [0.1, 0.15) is 31.2 Å². The Morgan fingerprint density at radius 3 is 2.53 bits per heavy atom. The fraction of sp³-hybridized carbons (Fsp3) is 0.348. The molecule has 34 heavy (non-hydrogen) atoms. The second-order valence-electron chi connectivity index (χ2n) is 8.28. The monoisotopic (exact) mass is 475 g/mol. The molecule has 1 heterocycles. The van der Waals surface area contributed by atoms with Crippen LogP contribution in [0.5, 0.6) is 0 Å². The number of carbonyl (C=O) groups excluding carboxylic acids is 1. The highest BCUT2D eigenvalue weighted by molar-refractivity contribution is 6.20. The molecule has 0 spiro atoms. The summed E-state index contributed by atoms with van der Waals surface area (Å²) in [5, 5.41) is 6.49. The molecule has 182 valence electrons. The summed E-state index contributed by atoms with van der Waals surface area (Å²) in [6, 6.07) is 6.16. The number of hydrogen-bond donors (Lipinski definition) is 5. The standard InChI is InChI=1S/C23H28F3N7O/c24-15-2-1-14(19(25)9-15)11-31-16-3-6-23(13-27,7-4-16)32-12-18(22(29)34)21(28)33-17-5-8-30-20(26)10-17/h1-2,5,8-10,12,16,31-32H,3-4,6-7,11,13,27H2,(H2,29,34)(H2,28,30,33)/b18-12+. The van der Waals surface area contributed by atoms with Crippen LogP contribution >= 0.6 is 0 Å². The molecular weight excluding hydrogens is 447 g/mol. The summed E-state index contributed by atoms with van der Waals surface area (Å²) in [7, 11) is 0. The zero-order chi connectivity index (χ0) is 24.7. The number of nitrogens with one attached hydrogen (secondary N) is 2. The predicted molar refractivity (Wildman–Crippen MR) is 123 cm³/mol. The lowest BCUT2D eigenvalue weighted by molar-refractivity contribution is -0.114. The number of nitrogens with two attached hydrogens (primary N) is 3. The number of hydrogen-bond acceptors (Lipinski definition) is 6. The van der Waals surface area contributed by atoms with E-state index in [1.54, 1.807) is 0 Å². The highest BCUT2D eigenvalue weighted by Gasteiger charge is 2.33. The van der Waals surface area contributed by atoms with Crippen LogP contribution in [0.25, 0.3) is 0 Å². The zero-order valence-corrected chi connectivity index (χ0v) is 18.5. The molecule has 11 heteroatoms. The van der Waals surface area contributed by atoms with Gasteiger partial charge in [0.2, 0.25) is 5.95 Å². The summed E-state index contributed by atoms with van der Waals surface area (Å²) in [6.07, 6.45) is 5.45. The number of carbonyl (C=O) groups is 1. The van der Waals surface area contributed by atoms with Gasteiger partial charge in [0.1, 0.15) is 17.5 Å². The first-order valence-corrected chi connectivity index (χ1v) is 10.8. The highest BCUT2D eigenvalue weighted by atomic mass is 19.1. The Morgan fingerprint density at radius 1 is 1.18 bits per heavy atom. The fourth-order valence-corrected chi connectivity index (χ4v) is 3.86. The third-order valence-corrected chi connectivity index (χ3v) is 5.95. The van der Waals surface area contributed by atoms with Gasteiger partial charge in [-0.15, -0.1) is 0 Å². The molecular formula is C23H28F3N7O. The van der Waals surface area contributed by atoms with Gasteiger partial charge in [0.05, 0.1) is 11.3 Å². The predicted octanol–water partition coefficient (Wildman–Crippen LogP) is 1.88. The zero-order valence-electron chi connectivity index (χ0n) is 18.5. The van der Waals surface area contributed by atoms with Crippen molar-refractivity contribution in [3.63, 3.8) is 0 Å². The first-order valence-electron chi connectivity index (χ1n) is 10.8. The van der Waals surface area contributed by atoms with Crippen LogP contribution in [0, 0.1) is 17.6 Å². The number of benzene rings is 1. The summed E-state index contributed by atoms with van der Waals surface area (Å²) in [4.78, 5) is 19.4. The largest absolute Gasteiger partial charge is 0.383 e. The molecule has 0 radical (unpaired) electrons. The van der Waals surface area contributed by atoms with Gasteiger partial charge < -0.3 is 27.8 Å². The Morgan fingerprint density at radius 2 is 1.91 bits per heavy atom. The molecule has 8 nitrogen and oxygen atoms in total. The summed E-state index contributed by atoms with van der Waals surface area (Å²) in [6.45, 7) is 0.579. The molecule has 0 saturated heterocycles. The molecule has 1 amide bonds. The first kappa shape index (κ1) is 25.2. The lowest BCUT2D eigenvalue weighted by Crippen LogP contribution is -2.53. The highest BCUT2D eigenvalue weighted by Crippen LogP contribution is 2.28. The fourth-order valence-electron chi connectivity index (χ4n) is 3.86. The minimum atomic E-state index is -0.799. The van der Waals surface area contributed by atoms with E-state index in [-0.39, 0.29) is 29.7 Å². The van der Waals surface area contributed by atoms with E-state index >= 15 is 0 Å². The van der Waals surface area contributed by atoms with Gasteiger partial charge in [-0.2, -0.15) is 4.39 Å². The Hall–Kier alpha value is -3.44. The summed E-state index contributed by atoms with van der Waals surface area (Å²) in [5.41, 5.74) is 17.5. The average Bonchev–Trinajstić information content (AvgIpc) is 2.79. The van der Waals surface area contributed by atoms with Crippen LogP contribution in [0.2, 0.25) is 0 Å². The number of aliphatic imine (C=N–C) groups is 1.